The summed E-state index contributed by atoms with van der Waals surface area (Å²) in [5, 5.41) is 5.75. The van der Waals surface area contributed by atoms with E-state index < -0.39 is 0 Å². The van der Waals surface area contributed by atoms with Gasteiger partial charge in [0.25, 0.3) is 0 Å². The summed E-state index contributed by atoms with van der Waals surface area (Å²) in [5.41, 5.74) is 1.06. The molecule has 19 heavy (non-hydrogen) atoms. The second-order valence-electron chi connectivity index (χ2n) is 4.79. The van der Waals surface area contributed by atoms with Gasteiger partial charge in [0, 0.05) is 10.9 Å². The van der Waals surface area contributed by atoms with Crippen LogP contribution in [-0.4, -0.2) is 11.6 Å². The third-order valence-corrected chi connectivity index (χ3v) is 4.25. The van der Waals surface area contributed by atoms with Crippen molar-refractivity contribution in [2.75, 3.05) is 11.9 Å². The number of hydrogen-bond acceptors (Lipinski definition) is 4. The van der Waals surface area contributed by atoms with Gasteiger partial charge in [-0.2, -0.15) is 0 Å². The van der Waals surface area contributed by atoms with Crippen molar-refractivity contribution in [1.82, 2.24) is 4.98 Å². The molecule has 0 radical (unpaired) electrons. The molecule has 1 unspecified atom stereocenters. The van der Waals surface area contributed by atoms with Crippen molar-refractivity contribution in [3.05, 3.63) is 40.7 Å². The largest absolute Gasteiger partial charge is 0.478 e. The topological polar surface area (TPSA) is 34.1 Å². The van der Waals surface area contributed by atoms with Gasteiger partial charge in [-0.05, 0) is 43.2 Å². The smallest absolute Gasteiger partial charge is 0.213 e. The monoisotopic (exact) mass is 274 g/mol. The molecule has 3 rings (SSSR count). The quantitative estimate of drug-likeness (QED) is 0.861. The molecule has 1 atom stereocenters. The van der Waals surface area contributed by atoms with Crippen molar-refractivity contribution in [3.63, 3.8) is 0 Å². The Kier molecular flexibility index (Phi) is 3.69. The van der Waals surface area contributed by atoms with Crippen LogP contribution in [0, 0.1) is 5.92 Å². The zero-order valence-electron chi connectivity index (χ0n) is 11.0. The van der Waals surface area contributed by atoms with E-state index in [0.717, 1.165) is 11.6 Å². The maximum Gasteiger partial charge on any atom is 0.213 e. The number of hydrogen-bond donors (Lipinski definition) is 1. The van der Waals surface area contributed by atoms with Crippen LogP contribution in [0.15, 0.2) is 35.8 Å². The van der Waals surface area contributed by atoms with Crippen molar-refractivity contribution in [2.24, 2.45) is 5.92 Å². The first kappa shape index (κ1) is 12.5. The number of ether oxygens (including phenoxy) is 1. The van der Waals surface area contributed by atoms with Crippen molar-refractivity contribution >= 4 is 17.0 Å². The molecule has 4 heteroatoms. The lowest BCUT2D eigenvalue weighted by molar-refractivity contribution is 0.327. The van der Waals surface area contributed by atoms with Crippen LogP contribution in [0.2, 0.25) is 0 Å². The number of pyridine rings is 1. The molecule has 0 aromatic carbocycles. The summed E-state index contributed by atoms with van der Waals surface area (Å²) >= 11 is 1.82. The molecule has 0 aliphatic heterocycles. The molecule has 1 N–H and O–H groups in total. The first-order chi connectivity index (χ1) is 9.36. The van der Waals surface area contributed by atoms with Gasteiger partial charge in [0.15, 0.2) is 0 Å². The van der Waals surface area contributed by atoms with Gasteiger partial charge >= 0.3 is 0 Å². The Morgan fingerprint density at radius 2 is 2.32 bits per heavy atom. The van der Waals surface area contributed by atoms with Crippen LogP contribution in [0.25, 0.3) is 0 Å². The zero-order valence-corrected chi connectivity index (χ0v) is 11.8. The van der Waals surface area contributed by atoms with E-state index in [1.54, 1.807) is 0 Å². The summed E-state index contributed by atoms with van der Waals surface area (Å²) in [6.45, 7) is 2.62. The van der Waals surface area contributed by atoms with Crippen molar-refractivity contribution in [2.45, 2.75) is 25.8 Å². The maximum atomic E-state index is 5.36. The van der Waals surface area contributed by atoms with Crippen molar-refractivity contribution in [3.8, 4) is 5.88 Å². The normalized spacial score (nSPS) is 16.1. The summed E-state index contributed by atoms with van der Waals surface area (Å²) in [5.74, 6) is 1.46. The molecule has 2 heterocycles. The Bertz CT molecular complexity index is 505. The SMILES string of the molecule is CCOc1ccc(NC(c2cccs2)C2CC2)cn1. The van der Waals surface area contributed by atoms with Crippen LogP contribution < -0.4 is 10.1 Å². The second kappa shape index (κ2) is 5.61. The van der Waals surface area contributed by atoms with Gasteiger partial charge in [0.2, 0.25) is 5.88 Å². The third-order valence-electron chi connectivity index (χ3n) is 3.29. The minimum Gasteiger partial charge on any atom is -0.478 e. The van der Waals surface area contributed by atoms with Crippen LogP contribution in [0.5, 0.6) is 5.88 Å². The van der Waals surface area contributed by atoms with Crippen molar-refractivity contribution in [1.29, 1.82) is 0 Å². The molecular weight excluding hydrogens is 256 g/mol. The Morgan fingerprint density at radius 3 is 2.89 bits per heavy atom. The number of thiophene rings is 1. The van der Waals surface area contributed by atoms with Gasteiger partial charge in [-0.25, -0.2) is 4.98 Å². The lowest BCUT2D eigenvalue weighted by Crippen LogP contribution is -2.11. The number of aromatic nitrogens is 1. The molecule has 1 aliphatic carbocycles. The molecular formula is C15H18N2OS. The summed E-state index contributed by atoms with van der Waals surface area (Å²) in [6.07, 6.45) is 4.49. The minimum absolute atomic E-state index is 0.430. The predicted octanol–water partition coefficient (Wildman–Crippen LogP) is 4.11. The van der Waals surface area contributed by atoms with E-state index in [1.807, 2.05) is 36.6 Å². The third kappa shape index (κ3) is 3.07. The molecule has 0 bridgehead atoms. The van der Waals surface area contributed by atoms with Crippen molar-refractivity contribution < 1.29 is 4.74 Å². The fourth-order valence-electron chi connectivity index (χ4n) is 2.20. The molecule has 0 spiro atoms. The van der Waals surface area contributed by atoms with E-state index in [2.05, 4.69) is 27.8 Å². The minimum atomic E-state index is 0.430. The Labute approximate surface area is 117 Å². The molecule has 2 aromatic rings. The van der Waals surface area contributed by atoms with E-state index in [4.69, 9.17) is 4.74 Å². The fraction of sp³-hybridized carbons (Fsp3) is 0.400. The Hall–Kier alpha value is -1.55. The van der Waals surface area contributed by atoms with Gasteiger partial charge in [0.1, 0.15) is 0 Å². The van der Waals surface area contributed by atoms with Gasteiger partial charge < -0.3 is 10.1 Å². The molecule has 0 saturated heterocycles. The van der Waals surface area contributed by atoms with E-state index in [9.17, 15) is 0 Å². The first-order valence-corrected chi connectivity index (χ1v) is 7.63. The molecule has 100 valence electrons. The molecule has 1 fully saturated rings. The number of nitrogens with one attached hydrogen (secondary N) is 1. The van der Waals surface area contributed by atoms with Crippen LogP contribution >= 0.6 is 11.3 Å². The number of nitrogens with zero attached hydrogens (tertiary/aromatic N) is 1. The van der Waals surface area contributed by atoms with E-state index >= 15 is 0 Å². The predicted molar refractivity (Wildman–Crippen MR) is 78.8 cm³/mol. The summed E-state index contributed by atoms with van der Waals surface area (Å²) in [7, 11) is 0. The van der Waals surface area contributed by atoms with Crippen LogP contribution in [0.4, 0.5) is 5.69 Å². The molecule has 1 aliphatic rings. The first-order valence-electron chi connectivity index (χ1n) is 6.75. The molecule has 0 amide bonds. The molecule has 1 saturated carbocycles. The van der Waals surface area contributed by atoms with Gasteiger partial charge in [-0.3, -0.25) is 0 Å². The number of anilines is 1. The van der Waals surface area contributed by atoms with Gasteiger partial charge in [-0.15, -0.1) is 11.3 Å². The van der Waals surface area contributed by atoms with E-state index in [1.165, 1.54) is 17.7 Å². The Morgan fingerprint density at radius 1 is 1.42 bits per heavy atom. The standard InChI is InChI=1S/C15H18N2OS/c1-2-18-14-8-7-12(10-16-14)17-15(11-5-6-11)13-4-3-9-19-13/h3-4,7-11,15,17H,2,5-6H2,1H3. The van der Waals surface area contributed by atoms with Gasteiger partial charge in [-0.1, -0.05) is 6.07 Å². The summed E-state index contributed by atoms with van der Waals surface area (Å²) < 4.78 is 5.36. The Balaban J connectivity index is 1.71. The highest BCUT2D eigenvalue weighted by Gasteiger charge is 2.32. The van der Waals surface area contributed by atoms with Crippen LogP contribution in [-0.2, 0) is 0 Å². The lowest BCUT2D eigenvalue weighted by Gasteiger charge is -2.18. The maximum absolute atomic E-state index is 5.36. The summed E-state index contributed by atoms with van der Waals surface area (Å²) in [4.78, 5) is 5.71. The molecule has 2 aromatic heterocycles. The average Bonchev–Trinajstić information content (AvgIpc) is 3.13. The van der Waals surface area contributed by atoms with Gasteiger partial charge in [0.05, 0.1) is 24.5 Å². The number of rotatable bonds is 6. The highest BCUT2D eigenvalue weighted by atomic mass is 32.1. The van der Waals surface area contributed by atoms with Crippen LogP contribution in [0.3, 0.4) is 0 Å². The fourth-order valence-corrected chi connectivity index (χ4v) is 3.07. The van der Waals surface area contributed by atoms with E-state index in [0.29, 0.717) is 18.5 Å². The summed E-state index contributed by atoms with van der Waals surface area (Å²) in [6, 6.07) is 8.72. The highest BCUT2D eigenvalue weighted by molar-refractivity contribution is 7.10. The molecule has 3 nitrogen and oxygen atoms in total. The lowest BCUT2D eigenvalue weighted by atomic mass is 10.1. The zero-order chi connectivity index (χ0) is 13.1. The van der Waals surface area contributed by atoms with Crippen LogP contribution in [0.1, 0.15) is 30.7 Å². The second-order valence-corrected chi connectivity index (χ2v) is 5.77. The average molecular weight is 274 g/mol. The highest BCUT2D eigenvalue weighted by Crippen LogP contribution is 2.44. The van der Waals surface area contributed by atoms with E-state index in [-0.39, 0.29) is 0 Å².